The normalized spacial score (nSPS) is 31.2. The number of nitrogens with zero attached hydrogens (tertiary/aromatic N) is 2. The molecule has 2 aliphatic rings. The molecule has 0 aliphatic heterocycles. The Balaban J connectivity index is 1.70. The van der Waals surface area contributed by atoms with Crippen molar-refractivity contribution in [2.75, 3.05) is 11.1 Å². The lowest BCUT2D eigenvalue weighted by molar-refractivity contribution is -0.118. The van der Waals surface area contributed by atoms with Gasteiger partial charge in [0.2, 0.25) is 5.91 Å². The van der Waals surface area contributed by atoms with Gasteiger partial charge in [-0.3, -0.25) is 9.48 Å². The highest BCUT2D eigenvalue weighted by atomic mass is 16.2. The van der Waals surface area contributed by atoms with Crippen LogP contribution in [0, 0.1) is 17.8 Å². The van der Waals surface area contributed by atoms with Crippen molar-refractivity contribution in [3.63, 3.8) is 0 Å². The number of anilines is 2. The first-order valence-corrected chi connectivity index (χ1v) is 5.77. The van der Waals surface area contributed by atoms with Gasteiger partial charge in [-0.05, 0) is 24.7 Å². The summed E-state index contributed by atoms with van der Waals surface area (Å²) in [4.78, 5) is 12.0. The highest BCUT2D eigenvalue weighted by Gasteiger charge is 2.56. The number of hydrogen-bond acceptors (Lipinski definition) is 3. The number of nitrogens with two attached hydrogens (primary N) is 1. The summed E-state index contributed by atoms with van der Waals surface area (Å²) in [6, 6.07) is 0. The Hall–Kier alpha value is -1.52. The molecule has 2 atom stereocenters. The number of amides is 1. The van der Waals surface area contributed by atoms with Crippen molar-refractivity contribution in [3.05, 3.63) is 6.20 Å². The Morgan fingerprint density at radius 2 is 2.25 bits per heavy atom. The van der Waals surface area contributed by atoms with Gasteiger partial charge in [-0.15, -0.1) is 0 Å². The number of rotatable bonds is 2. The quantitative estimate of drug-likeness (QED) is 0.780. The second kappa shape index (κ2) is 3.23. The molecule has 3 N–H and O–H groups in total. The zero-order valence-corrected chi connectivity index (χ0v) is 9.31. The van der Waals surface area contributed by atoms with Crippen LogP contribution in [0.2, 0.25) is 0 Å². The SMILES string of the molecule is Cn1ncc(N)c1NC(=O)C1C2CCCC21. The van der Waals surface area contributed by atoms with Crippen molar-refractivity contribution in [2.24, 2.45) is 24.8 Å². The average molecular weight is 220 g/mol. The third kappa shape index (κ3) is 1.31. The molecule has 0 aromatic carbocycles. The molecule has 0 radical (unpaired) electrons. The van der Waals surface area contributed by atoms with Crippen LogP contribution in [0.1, 0.15) is 19.3 Å². The van der Waals surface area contributed by atoms with Crippen LogP contribution in [0.5, 0.6) is 0 Å². The molecule has 2 saturated carbocycles. The highest BCUT2D eigenvalue weighted by molar-refractivity contribution is 5.96. The third-order valence-electron chi connectivity index (χ3n) is 3.92. The van der Waals surface area contributed by atoms with Crippen molar-refractivity contribution in [1.29, 1.82) is 0 Å². The molecule has 5 nitrogen and oxygen atoms in total. The predicted octanol–water partition coefficient (Wildman–Crippen LogP) is 0.987. The summed E-state index contributed by atoms with van der Waals surface area (Å²) in [5, 5.41) is 6.88. The first-order chi connectivity index (χ1) is 7.68. The van der Waals surface area contributed by atoms with Gasteiger partial charge < -0.3 is 11.1 Å². The second-order valence-corrected chi connectivity index (χ2v) is 4.85. The summed E-state index contributed by atoms with van der Waals surface area (Å²) < 4.78 is 1.60. The van der Waals surface area contributed by atoms with Gasteiger partial charge in [0.1, 0.15) is 0 Å². The van der Waals surface area contributed by atoms with E-state index in [2.05, 4.69) is 10.4 Å². The van der Waals surface area contributed by atoms with Crippen LogP contribution in [-0.4, -0.2) is 15.7 Å². The Labute approximate surface area is 94.0 Å². The molecule has 0 spiro atoms. The van der Waals surface area contributed by atoms with Crippen LogP contribution >= 0.6 is 0 Å². The Morgan fingerprint density at radius 1 is 1.56 bits per heavy atom. The van der Waals surface area contributed by atoms with Gasteiger partial charge in [-0.1, -0.05) is 6.42 Å². The maximum atomic E-state index is 12.0. The summed E-state index contributed by atoms with van der Waals surface area (Å²) in [5.74, 6) is 2.23. The molecular weight excluding hydrogens is 204 g/mol. The molecule has 1 aromatic heterocycles. The largest absolute Gasteiger partial charge is 0.394 e. The molecule has 2 fully saturated rings. The second-order valence-electron chi connectivity index (χ2n) is 4.85. The summed E-state index contributed by atoms with van der Waals surface area (Å²) in [5.41, 5.74) is 6.26. The van der Waals surface area contributed by atoms with Crippen LogP contribution in [-0.2, 0) is 11.8 Å². The molecule has 86 valence electrons. The minimum absolute atomic E-state index is 0.116. The van der Waals surface area contributed by atoms with E-state index in [4.69, 9.17) is 5.73 Å². The zero-order chi connectivity index (χ0) is 11.3. The van der Waals surface area contributed by atoms with Crippen LogP contribution in [0.15, 0.2) is 6.20 Å². The van der Waals surface area contributed by atoms with Crippen LogP contribution in [0.3, 0.4) is 0 Å². The van der Waals surface area contributed by atoms with E-state index in [1.807, 2.05) is 0 Å². The fourth-order valence-electron chi connectivity index (χ4n) is 3.02. The number of nitrogen functional groups attached to an aromatic ring is 1. The van der Waals surface area contributed by atoms with Gasteiger partial charge in [0.25, 0.3) is 0 Å². The predicted molar refractivity (Wildman–Crippen MR) is 60.6 cm³/mol. The van der Waals surface area contributed by atoms with Gasteiger partial charge in [-0.25, -0.2) is 0 Å². The fourth-order valence-corrected chi connectivity index (χ4v) is 3.02. The van der Waals surface area contributed by atoms with Crippen molar-refractivity contribution >= 4 is 17.4 Å². The average Bonchev–Trinajstić information content (AvgIpc) is 2.58. The smallest absolute Gasteiger partial charge is 0.229 e. The molecule has 0 saturated heterocycles. The van der Waals surface area contributed by atoms with Crippen molar-refractivity contribution < 1.29 is 4.79 Å². The van der Waals surface area contributed by atoms with Gasteiger partial charge in [0, 0.05) is 13.0 Å². The Kier molecular flexibility index (Phi) is 1.96. The van der Waals surface area contributed by atoms with Crippen molar-refractivity contribution in [2.45, 2.75) is 19.3 Å². The molecule has 1 heterocycles. The van der Waals surface area contributed by atoms with E-state index in [1.54, 1.807) is 17.9 Å². The van der Waals surface area contributed by atoms with E-state index >= 15 is 0 Å². The summed E-state index contributed by atoms with van der Waals surface area (Å²) >= 11 is 0. The zero-order valence-electron chi connectivity index (χ0n) is 9.31. The van der Waals surface area contributed by atoms with E-state index < -0.39 is 0 Å². The van der Waals surface area contributed by atoms with Gasteiger partial charge >= 0.3 is 0 Å². The molecule has 2 aliphatic carbocycles. The molecule has 0 bridgehead atoms. The minimum Gasteiger partial charge on any atom is -0.394 e. The maximum absolute atomic E-state index is 12.0. The Morgan fingerprint density at radius 3 is 2.81 bits per heavy atom. The highest BCUT2D eigenvalue weighted by Crippen LogP contribution is 2.57. The number of aryl methyl sites for hydroxylation is 1. The third-order valence-corrected chi connectivity index (χ3v) is 3.92. The van der Waals surface area contributed by atoms with Gasteiger partial charge in [0.15, 0.2) is 5.82 Å². The number of nitrogens with one attached hydrogen (secondary N) is 1. The Bertz CT molecular complexity index is 410. The van der Waals surface area contributed by atoms with E-state index in [9.17, 15) is 4.79 Å². The number of carbonyl (C=O) groups is 1. The van der Waals surface area contributed by atoms with E-state index in [-0.39, 0.29) is 11.8 Å². The lowest BCUT2D eigenvalue weighted by atomic mass is 10.1. The first-order valence-electron chi connectivity index (χ1n) is 5.77. The molecular formula is C11H16N4O. The molecule has 3 rings (SSSR count). The molecule has 16 heavy (non-hydrogen) atoms. The standard InChI is InChI=1S/C11H16N4O/c1-15-10(8(12)5-13-15)14-11(16)9-6-3-2-4-7(6)9/h5-7,9H,2-4,12H2,1H3,(H,14,16). The van der Waals surface area contributed by atoms with E-state index in [0.29, 0.717) is 23.3 Å². The monoisotopic (exact) mass is 220 g/mol. The van der Waals surface area contributed by atoms with Gasteiger partial charge in [0.05, 0.1) is 11.9 Å². The summed E-state index contributed by atoms with van der Waals surface area (Å²) in [6.07, 6.45) is 5.27. The fraction of sp³-hybridized carbons (Fsp3) is 0.636. The molecule has 2 unspecified atom stereocenters. The number of fused-ring (bicyclic) bond motifs is 1. The summed E-state index contributed by atoms with van der Waals surface area (Å²) in [6.45, 7) is 0. The number of aromatic nitrogens is 2. The molecule has 5 heteroatoms. The lowest BCUT2D eigenvalue weighted by Crippen LogP contribution is -2.19. The van der Waals surface area contributed by atoms with Crippen molar-refractivity contribution in [1.82, 2.24) is 9.78 Å². The number of carbonyl (C=O) groups excluding carboxylic acids is 1. The van der Waals surface area contributed by atoms with E-state index in [1.165, 1.54) is 19.3 Å². The summed E-state index contributed by atoms with van der Waals surface area (Å²) in [7, 11) is 1.78. The first kappa shape index (κ1) is 9.69. The minimum atomic E-state index is 0.116. The van der Waals surface area contributed by atoms with Crippen LogP contribution in [0.25, 0.3) is 0 Å². The van der Waals surface area contributed by atoms with Crippen LogP contribution in [0.4, 0.5) is 11.5 Å². The van der Waals surface area contributed by atoms with Crippen molar-refractivity contribution in [3.8, 4) is 0 Å². The van der Waals surface area contributed by atoms with Gasteiger partial charge in [-0.2, -0.15) is 5.10 Å². The molecule has 1 aromatic rings. The van der Waals surface area contributed by atoms with Crippen LogP contribution < -0.4 is 11.1 Å². The van der Waals surface area contributed by atoms with E-state index in [0.717, 1.165) is 0 Å². The lowest BCUT2D eigenvalue weighted by Gasteiger charge is -2.07. The molecule has 1 amide bonds. The maximum Gasteiger partial charge on any atom is 0.229 e. The number of hydrogen-bond donors (Lipinski definition) is 2. The topological polar surface area (TPSA) is 72.9 Å².